The van der Waals surface area contributed by atoms with E-state index < -0.39 is 23.9 Å². The largest absolute Gasteiger partial charge is 0.459 e. The molecule has 0 heterocycles. The van der Waals surface area contributed by atoms with Gasteiger partial charge in [0.1, 0.15) is 22.6 Å². The van der Waals surface area contributed by atoms with Gasteiger partial charge in [-0.15, -0.1) is 0 Å². The van der Waals surface area contributed by atoms with Gasteiger partial charge in [-0.2, -0.15) is 0 Å². The normalized spacial score (nSPS) is 13.1. The number of hydrogen-bond donors (Lipinski definition) is 0. The molecule has 0 fully saturated rings. The maximum Gasteiger partial charge on any atom is 0.345 e. The number of ether oxygens (including phenoxy) is 6. The van der Waals surface area contributed by atoms with Crippen LogP contribution in [0.1, 0.15) is 92.2 Å². The lowest BCUT2D eigenvalue weighted by Crippen LogP contribution is -2.24. The highest BCUT2D eigenvalue weighted by Gasteiger charge is 2.25. The van der Waals surface area contributed by atoms with Crippen molar-refractivity contribution in [1.29, 1.82) is 0 Å². The van der Waals surface area contributed by atoms with Gasteiger partial charge in [0, 0.05) is 0 Å². The first-order chi connectivity index (χ1) is 22.4. The SMILES string of the molecule is CCC(C)OC(=O)C(=Cc1ccc(OCOc2ccc(C=C(C(=O)OC(C)CC)C(=O)OC(C)CC)cc2)cc1)C(=O)OC(C)CC. The molecule has 10 heteroatoms. The number of carbonyl (C=O) groups excluding carboxylic acids is 4. The lowest BCUT2D eigenvalue weighted by Gasteiger charge is -2.15. The molecule has 2 aromatic rings. The van der Waals surface area contributed by atoms with Gasteiger partial charge in [-0.05, 0) is 101 Å². The highest BCUT2D eigenvalue weighted by molar-refractivity contribution is 6.18. The molecule has 10 nitrogen and oxygen atoms in total. The fourth-order valence-electron chi connectivity index (χ4n) is 3.54. The van der Waals surface area contributed by atoms with Gasteiger partial charge in [0.2, 0.25) is 6.79 Å². The van der Waals surface area contributed by atoms with E-state index in [4.69, 9.17) is 28.4 Å². The van der Waals surface area contributed by atoms with Crippen LogP contribution in [0.3, 0.4) is 0 Å². The summed E-state index contributed by atoms with van der Waals surface area (Å²) in [6.07, 6.45) is 3.92. The molecular weight excluding hydrogens is 604 g/mol. The van der Waals surface area contributed by atoms with E-state index in [9.17, 15) is 19.2 Å². The summed E-state index contributed by atoms with van der Waals surface area (Å²) in [5.41, 5.74) is 0.791. The van der Waals surface area contributed by atoms with Gasteiger partial charge in [-0.25, -0.2) is 19.2 Å². The second-order valence-electron chi connectivity index (χ2n) is 11.2. The molecular formula is C37H48O10. The second-order valence-corrected chi connectivity index (χ2v) is 11.2. The zero-order chi connectivity index (χ0) is 34.9. The third kappa shape index (κ3) is 13.3. The van der Waals surface area contributed by atoms with Gasteiger partial charge in [0.15, 0.2) is 0 Å². The predicted octanol–water partition coefficient (Wildman–Crippen LogP) is 7.24. The molecule has 2 aromatic carbocycles. The Hall–Kier alpha value is -4.60. The Kier molecular flexibility index (Phi) is 16.3. The van der Waals surface area contributed by atoms with Gasteiger partial charge in [-0.3, -0.25) is 0 Å². The minimum Gasteiger partial charge on any atom is -0.459 e. The van der Waals surface area contributed by atoms with E-state index in [1.165, 1.54) is 12.2 Å². The highest BCUT2D eigenvalue weighted by atomic mass is 16.7. The van der Waals surface area contributed by atoms with Crippen molar-refractivity contribution in [2.24, 2.45) is 0 Å². The monoisotopic (exact) mass is 652 g/mol. The van der Waals surface area contributed by atoms with E-state index in [0.29, 0.717) is 48.3 Å². The maximum atomic E-state index is 12.7. The summed E-state index contributed by atoms with van der Waals surface area (Å²) in [6.45, 7) is 14.4. The number of benzene rings is 2. The maximum absolute atomic E-state index is 12.7. The van der Waals surface area contributed by atoms with Crippen molar-refractivity contribution in [2.45, 2.75) is 105 Å². The molecule has 2 rings (SSSR count). The van der Waals surface area contributed by atoms with Crippen LogP contribution in [0.2, 0.25) is 0 Å². The molecule has 0 bridgehead atoms. The summed E-state index contributed by atoms with van der Waals surface area (Å²) < 4.78 is 32.9. The van der Waals surface area contributed by atoms with Crippen molar-refractivity contribution in [3.8, 4) is 11.5 Å². The van der Waals surface area contributed by atoms with Crippen molar-refractivity contribution in [3.63, 3.8) is 0 Å². The molecule has 0 aliphatic heterocycles. The van der Waals surface area contributed by atoms with Crippen molar-refractivity contribution in [1.82, 2.24) is 0 Å². The topological polar surface area (TPSA) is 124 Å². The number of hydrogen-bond acceptors (Lipinski definition) is 10. The second kappa shape index (κ2) is 19.8. The first-order valence-corrected chi connectivity index (χ1v) is 16.1. The molecule has 0 saturated heterocycles. The Morgan fingerprint density at radius 3 is 0.979 bits per heavy atom. The molecule has 0 aromatic heterocycles. The minimum absolute atomic E-state index is 0.105. The average molecular weight is 653 g/mol. The van der Waals surface area contributed by atoms with Crippen LogP contribution in [0.25, 0.3) is 12.2 Å². The summed E-state index contributed by atoms with van der Waals surface area (Å²) in [5.74, 6) is -1.96. The van der Waals surface area contributed by atoms with E-state index in [-0.39, 0.29) is 42.4 Å². The standard InChI is InChI=1S/C37H48O10/c1-9-24(5)44-34(38)32(35(39)45-25(6)10-2)21-28-13-17-30(18-14-28)42-23-43-31-19-15-29(16-20-31)22-33(36(40)46-26(7)11-3)37(41)47-27(8)12-4/h13-22,24-27H,9-12,23H2,1-8H3. The summed E-state index contributed by atoms with van der Waals surface area (Å²) in [5, 5.41) is 0. The minimum atomic E-state index is -0.740. The Bertz CT molecular complexity index is 1220. The number of rotatable bonds is 18. The van der Waals surface area contributed by atoms with Gasteiger partial charge in [-0.1, -0.05) is 52.0 Å². The van der Waals surface area contributed by atoms with E-state index in [2.05, 4.69) is 0 Å². The first-order valence-electron chi connectivity index (χ1n) is 16.1. The van der Waals surface area contributed by atoms with Crippen LogP contribution in [0, 0.1) is 0 Å². The molecule has 0 amide bonds. The van der Waals surface area contributed by atoms with Crippen LogP contribution in [-0.4, -0.2) is 55.1 Å². The third-order valence-electron chi connectivity index (χ3n) is 7.25. The molecule has 0 aliphatic rings. The Labute approximate surface area is 278 Å². The third-order valence-corrected chi connectivity index (χ3v) is 7.25. The predicted molar refractivity (Wildman–Crippen MR) is 178 cm³/mol. The summed E-state index contributed by atoms with van der Waals surface area (Å²) >= 11 is 0. The molecule has 0 radical (unpaired) electrons. The van der Waals surface area contributed by atoms with Crippen LogP contribution in [-0.2, 0) is 38.1 Å². The zero-order valence-corrected chi connectivity index (χ0v) is 28.7. The van der Waals surface area contributed by atoms with Crippen LogP contribution in [0.5, 0.6) is 11.5 Å². The van der Waals surface area contributed by atoms with Crippen molar-refractivity contribution in [2.75, 3.05) is 6.79 Å². The van der Waals surface area contributed by atoms with Crippen LogP contribution < -0.4 is 9.47 Å². The average Bonchev–Trinajstić information content (AvgIpc) is 3.06. The lowest BCUT2D eigenvalue weighted by molar-refractivity contribution is -0.153. The summed E-state index contributed by atoms with van der Waals surface area (Å²) in [6, 6.07) is 13.5. The zero-order valence-electron chi connectivity index (χ0n) is 28.7. The van der Waals surface area contributed by atoms with E-state index in [1.807, 2.05) is 27.7 Å². The van der Waals surface area contributed by atoms with Gasteiger partial charge in [0.25, 0.3) is 0 Å². The smallest absolute Gasteiger partial charge is 0.345 e. The van der Waals surface area contributed by atoms with Gasteiger partial charge in [0.05, 0.1) is 24.4 Å². The summed E-state index contributed by atoms with van der Waals surface area (Å²) in [4.78, 5) is 50.9. The first kappa shape index (κ1) is 38.6. The molecule has 0 spiro atoms. The Balaban J connectivity index is 2.09. The van der Waals surface area contributed by atoms with Crippen molar-refractivity contribution < 1.29 is 47.6 Å². The van der Waals surface area contributed by atoms with E-state index in [0.717, 1.165) is 0 Å². The van der Waals surface area contributed by atoms with Gasteiger partial charge >= 0.3 is 23.9 Å². The quantitative estimate of drug-likeness (QED) is 0.0407. The summed E-state index contributed by atoms with van der Waals surface area (Å²) in [7, 11) is 0. The van der Waals surface area contributed by atoms with E-state index >= 15 is 0 Å². The van der Waals surface area contributed by atoms with Crippen LogP contribution in [0.15, 0.2) is 59.7 Å². The fourth-order valence-corrected chi connectivity index (χ4v) is 3.54. The molecule has 0 aliphatic carbocycles. The van der Waals surface area contributed by atoms with Crippen LogP contribution in [0.4, 0.5) is 0 Å². The molecule has 0 saturated carbocycles. The molecule has 256 valence electrons. The number of esters is 4. The van der Waals surface area contributed by atoms with Crippen LogP contribution >= 0.6 is 0 Å². The molecule has 4 unspecified atom stereocenters. The fraction of sp³-hybridized carbons (Fsp3) is 0.459. The van der Waals surface area contributed by atoms with Gasteiger partial charge < -0.3 is 28.4 Å². The van der Waals surface area contributed by atoms with E-state index in [1.54, 1.807) is 76.2 Å². The Morgan fingerprint density at radius 1 is 0.489 bits per heavy atom. The number of carbonyl (C=O) groups is 4. The van der Waals surface area contributed by atoms with Crippen molar-refractivity contribution in [3.05, 3.63) is 70.8 Å². The lowest BCUT2D eigenvalue weighted by atomic mass is 10.1. The molecule has 0 N–H and O–H groups in total. The molecule has 47 heavy (non-hydrogen) atoms. The molecule has 4 atom stereocenters. The Morgan fingerprint density at radius 2 is 0.745 bits per heavy atom. The highest BCUT2D eigenvalue weighted by Crippen LogP contribution is 2.20. The van der Waals surface area contributed by atoms with Crippen molar-refractivity contribution >= 4 is 36.0 Å².